The summed E-state index contributed by atoms with van der Waals surface area (Å²) in [6, 6.07) is 13.5. The Morgan fingerprint density at radius 2 is 1.46 bits per heavy atom. The molecule has 0 aliphatic heterocycles. The highest BCUT2D eigenvalue weighted by Crippen LogP contribution is 2.22. The van der Waals surface area contributed by atoms with Gasteiger partial charge in [0.2, 0.25) is 5.91 Å². The Bertz CT molecular complexity index is 1270. The minimum Gasteiger partial charge on any atom is -0.339 e. The van der Waals surface area contributed by atoms with Crippen molar-refractivity contribution in [1.29, 1.82) is 0 Å². The number of halogens is 3. The van der Waals surface area contributed by atoms with Crippen LogP contribution in [0.3, 0.4) is 0 Å². The second-order valence-corrected chi connectivity index (χ2v) is 7.90. The van der Waals surface area contributed by atoms with Gasteiger partial charge in [0.25, 0.3) is 11.8 Å². The van der Waals surface area contributed by atoms with Crippen molar-refractivity contribution >= 4 is 23.4 Å². The van der Waals surface area contributed by atoms with Gasteiger partial charge < -0.3 is 21.7 Å². The molecule has 3 rings (SSSR count). The molecule has 0 saturated carbocycles. The maximum absolute atomic E-state index is 13.7. The van der Waals surface area contributed by atoms with Crippen molar-refractivity contribution in [3.63, 3.8) is 0 Å². The quantitative estimate of drug-likeness (QED) is 0.139. The van der Waals surface area contributed by atoms with Crippen LogP contribution in [0.5, 0.6) is 0 Å². The lowest BCUT2D eigenvalue weighted by atomic mass is 10.0. The van der Waals surface area contributed by atoms with Crippen LogP contribution in [-0.2, 0) is 16.1 Å². The van der Waals surface area contributed by atoms with Gasteiger partial charge in [0.15, 0.2) is 11.6 Å². The zero-order valence-corrected chi connectivity index (χ0v) is 19.4. The van der Waals surface area contributed by atoms with E-state index in [4.69, 9.17) is 10.9 Å². The minimum absolute atomic E-state index is 0.102. The SMILES string of the molecule is NC[C@H](NC(=O)c1ccc(-c2ccc(NC(=O)CNCc3cc(F)c(F)cc3F)cc2)cc1)C(=O)NO. The first-order chi connectivity index (χ1) is 17.7. The van der Waals surface area contributed by atoms with E-state index in [0.29, 0.717) is 11.8 Å². The lowest BCUT2D eigenvalue weighted by molar-refractivity contribution is -0.130. The van der Waals surface area contributed by atoms with Gasteiger partial charge in [-0.05, 0) is 41.5 Å². The lowest BCUT2D eigenvalue weighted by Crippen LogP contribution is -2.50. The number of nitrogens with two attached hydrogens (primary N) is 1. The number of nitrogens with one attached hydrogen (secondary N) is 4. The normalized spacial score (nSPS) is 11.5. The Morgan fingerprint density at radius 3 is 2.05 bits per heavy atom. The summed E-state index contributed by atoms with van der Waals surface area (Å²) < 4.78 is 39.9. The highest BCUT2D eigenvalue weighted by molar-refractivity contribution is 5.98. The van der Waals surface area contributed by atoms with E-state index in [1.54, 1.807) is 48.5 Å². The average Bonchev–Trinajstić information content (AvgIpc) is 2.90. The third kappa shape index (κ3) is 7.36. The summed E-state index contributed by atoms with van der Waals surface area (Å²) in [4.78, 5) is 35.9. The molecule has 37 heavy (non-hydrogen) atoms. The van der Waals surface area contributed by atoms with Crippen molar-refractivity contribution in [3.05, 3.63) is 89.2 Å². The van der Waals surface area contributed by atoms with Gasteiger partial charge in [-0.1, -0.05) is 24.3 Å². The van der Waals surface area contributed by atoms with Gasteiger partial charge in [0, 0.05) is 36.0 Å². The van der Waals surface area contributed by atoms with E-state index in [0.717, 1.165) is 17.2 Å². The molecule has 0 spiro atoms. The molecular formula is C25H24F3N5O4. The molecule has 0 radical (unpaired) electrons. The fraction of sp³-hybridized carbons (Fsp3) is 0.160. The Labute approximate surface area is 209 Å². The van der Waals surface area contributed by atoms with E-state index < -0.39 is 41.2 Å². The third-order valence-electron chi connectivity index (χ3n) is 5.31. The van der Waals surface area contributed by atoms with Crippen LogP contribution in [0.1, 0.15) is 15.9 Å². The molecule has 3 amide bonds. The number of benzene rings is 3. The molecule has 3 aromatic carbocycles. The molecule has 0 aromatic heterocycles. The van der Waals surface area contributed by atoms with Crippen LogP contribution in [0.25, 0.3) is 11.1 Å². The number of anilines is 1. The van der Waals surface area contributed by atoms with Gasteiger partial charge in [-0.2, -0.15) is 0 Å². The number of hydrogen-bond donors (Lipinski definition) is 6. The molecule has 0 unspecified atom stereocenters. The predicted octanol–water partition coefficient (Wildman–Crippen LogP) is 2.06. The Morgan fingerprint density at radius 1 is 0.865 bits per heavy atom. The average molecular weight is 515 g/mol. The van der Waals surface area contributed by atoms with E-state index in [2.05, 4.69) is 16.0 Å². The number of hydrogen-bond acceptors (Lipinski definition) is 6. The maximum Gasteiger partial charge on any atom is 0.267 e. The van der Waals surface area contributed by atoms with Crippen molar-refractivity contribution in [1.82, 2.24) is 16.1 Å². The monoisotopic (exact) mass is 515 g/mol. The van der Waals surface area contributed by atoms with Crippen LogP contribution >= 0.6 is 0 Å². The first kappa shape index (κ1) is 27.3. The molecular weight excluding hydrogens is 491 g/mol. The molecule has 0 aliphatic carbocycles. The molecule has 194 valence electrons. The molecule has 12 heteroatoms. The lowest BCUT2D eigenvalue weighted by Gasteiger charge is -2.14. The molecule has 0 fully saturated rings. The van der Waals surface area contributed by atoms with E-state index in [1.807, 2.05) is 0 Å². The Kier molecular flexibility index (Phi) is 9.33. The number of hydroxylamine groups is 1. The zero-order chi connectivity index (χ0) is 26.9. The van der Waals surface area contributed by atoms with E-state index in [-0.39, 0.29) is 30.8 Å². The van der Waals surface area contributed by atoms with E-state index >= 15 is 0 Å². The van der Waals surface area contributed by atoms with Gasteiger partial charge in [-0.15, -0.1) is 0 Å². The van der Waals surface area contributed by atoms with Gasteiger partial charge in [0.1, 0.15) is 11.9 Å². The molecule has 3 aromatic rings. The molecule has 0 bridgehead atoms. The van der Waals surface area contributed by atoms with Crippen molar-refractivity contribution < 1.29 is 32.8 Å². The summed E-state index contributed by atoms with van der Waals surface area (Å²) >= 11 is 0. The van der Waals surface area contributed by atoms with Crippen LogP contribution in [0.2, 0.25) is 0 Å². The van der Waals surface area contributed by atoms with Gasteiger partial charge >= 0.3 is 0 Å². The van der Waals surface area contributed by atoms with E-state index in [1.165, 1.54) is 5.48 Å². The summed E-state index contributed by atoms with van der Waals surface area (Å²) in [7, 11) is 0. The topological polar surface area (TPSA) is 146 Å². The van der Waals surface area contributed by atoms with Gasteiger partial charge in [-0.3, -0.25) is 19.6 Å². The van der Waals surface area contributed by atoms with Crippen molar-refractivity contribution in [2.24, 2.45) is 5.73 Å². The number of amides is 3. The Hall–Kier alpha value is -4.26. The van der Waals surface area contributed by atoms with Crippen LogP contribution < -0.4 is 27.2 Å². The van der Waals surface area contributed by atoms with Gasteiger partial charge in [0.05, 0.1) is 6.54 Å². The minimum atomic E-state index is -1.28. The standard InChI is InChI=1S/C25H24F3N5O4/c26-19-10-21(28)20(27)9-17(19)12-30-13-23(34)31-18-7-5-15(6-8-18)14-1-3-16(4-2-14)24(35)32-22(11-29)25(36)33-37/h1-10,22,30,37H,11-13,29H2,(H,31,34)(H,32,35)(H,33,36)/t22-/m0/s1. The van der Waals surface area contributed by atoms with Crippen LogP contribution in [0.4, 0.5) is 18.9 Å². The number of carbonyl (C=O) groups is 3. The zero-order valence-electron chi connectivity index (χ0n) is 19.4. The molecule has 0 heterocycles. The van der Waals surface area contributed by atoms with Crippen LogP contribution in [0.15, 0.2) is 60.7 Å². The molecule has 0 saturated heterocycles. The smallest absolute Gasteiger partial charge is 0.267 e. The second-order valence-electron chi connectivity index (χ2n) is 7.90. The molecule has 0 aliphatic rings. The first-order valence-electron chi connectivity index (χ1n) is 11.0. The summed E-state index contributed by atoms with van der Waals surface area (Å²) in [6.07, 6.45) is 0. The predicted molar refractivity (Wildman–Crippen MR) is 129 cm³/mol. The second kappa shape index (κ2) is 12.6. The maximum atomic E-state index is 13.7. The summed E-state index contributed by atoms with van der Waals surface area (Å²) in [5.41, 5.74) is 9.14. The molecule has 1 atom stereocenters. The summed E-state index contributed by atoms with van der Waals surface area (Å²) in [5.74, 6) is -5.15. The fourth-order valence-corrected chi connectivity index (χ4v) is 3.33. The van der Waals surface area contributed by atoms with Gasteiger partial charge in [-0.25, -0.2) is 18.7 Å². The Balaban J connectivity index is 1.52. The number of carbonyl (C=O) groups excluding carboxylic acids is 3. The van der Waals surface area contributed by atoms with Crippen molar-refractivity contribution in [2.75, 3.05) is 18.4 Å². The molecule has 7 N–H and O–H groups in total. The third-order valence-corrected chi connectivity index (χ3v) is 5.31. The number of rotatable bonds is 10. The highest BCUT2D eigenvalue weighted by Gasteiger charge is 2.19. The first-order valence-corrected chi connectivity index (χ1v) is 11.0. The largest absolute Gasteiger partial charge is 0.339 e. The molecule has 9 nitrogen and oxygen atoms in total. The summed E-state index contributed by atoms with van der Waals surface area (Å²) in [6.45, 7) is -0.540. The van der Waals surface area contributed by atoms with E-state index in [9.17, 15) is 27.6 Å². The summed E-state index contributed by atoms with van der Waals surface area (Å²) in [5, 5.41) is 16.4. The van der Waals surface area contributed by atoms with Crippen LogP contribution in [-0.4, -0.2) is 42.1 Å². The van der Waals surface area contributed by atoms with Crippen LogP contribution in [0, 0.1) is 17.5 Å². The van der Waals surface area contributed by atoms with Crippen molar-refractivity contribution in [2.45, 2.75) is 12.6 Å². The highest BCUT2D eigenvalue weighted by atomic mass is 19.2. The van der Waals surface area contributed by atoms with Crippen molar-refractivity contribution in [3.8, 4) is 11.1 Å². The fourth-order valence-electron chi connectivity index (χ4n) is 3.33.